The highest BCUT2D eigenvalue weighted by atomic mass is 79.9. The summed E-state index contributed by atoms with van der Waals surface area (Å²) in [6, 6.07) is 12.8. The third-order valence-electron chi connectivity index (χ3n) is 9.67. The maximum atomic E-state index is 15.0. The molecule has 0 aromatic heterocycles. The van der Waals surface area contributed by atoms with Gasteiger partial charge in [0.15, 0.2) is 0 Å². The number of allylic oxidation sites excluding steroid dienone is 1. The van der Waals surface area contributed by atoms with Crippen molar-refractivity contribution in [3.05, 3.63) is 87.4 Å². The molecule has 7 atom stereocenters. The summed E-state index contributed by atoms with van der Waals surface area (Å²) in [6.45, 7) is 3.86. The Morgan fingerprint density at radius 1 is 1.02 bits per heavy atom. The largest absolute Gasteiger partial charge is 0.455 e. The smallest absolute Gasteiger partial charge is 0.313 e. The van der Waals surface area contributed by atoms with Gasteiger partial charge >= 0.3 is 5.97 Å². The zero-order chi connectivity index (χ0) is 34.2. The Morgan fingerprint density at radius 2 is 1.79 bits per heavy atom. The molecule has 12 heteroatoms. The number of amides is 3. The summed E-state index contributed by atoms with van der Waals surface area (Å²) < 4.78 is 13.4. The van der Waals surface area contributed by atoms with E-state index in [1.807, 2.05) is 55.5 Å². The molecule has 0 saturated carbocycles. The van der Waals surface area contributed by atoms with Gasteiger partial charge in [0.05, 0.1) is 22.7 Å². The Balaban J connectivity index is 1.48. The highest BCUT2D eigenvalue weighted by Crippen LogP contribution is 2.59. The third kappa shape index (κ3) is 6.10. The van der Waals surface area contributed by atoms with Crippen molar-refractivity contribution in [2.75, 3.05) is 24.6 Å². The number of cyclic esters (lactones) is 1. The molecule has 2 aromatic rings. The number of fused-ring (bicyclic) bond motifs is 2. The van der Waals surface area contributed by atoms with E-state index in [4.69, 9.17) is 21.1 Å². The van der Waals surface area contributed by atoms with Crippen molar-refractivity contribution in [3.8, 4) is 0 Å². The fourth-order valence-electron chi connectivity index (χ4n) is 7.52. The van der Waals surface area contributed by atoms with E-state index in [-0.39, 0.29) is 32.0 Å². The van der Waals surface area contributed by atoms with Crippen LogP contribution in [0.15, 0.2) is 71.2 Å². The molecule has 2 saturated heterocycles. The van der Waals surface area contributed by atoms with Crippen LogP contribution in [0, 0.1) is 18.8 Å². The van der Waals surface area contributed by atoms with E-state index in [2.05, 4.69) is 21.2 Å². The van der Waals surface area contributed by atoms with E-state index in [9.17, 15) is 19.5 Å². The molecule has 0 aliphatic carbocycles. The lowest BCUT2D eigenvalue weighted by molar-refractivity contribution is -0.161. The number of ether oxygens (including phenoxy) is 2. The first-order valence-corrected chi connectivity index (χ1v) is 17.5. The summed E-state index contributed by atoms with van der Waals surface area (Å²) in [5.41, 5.74) is 0.481. The topological polar surface area (TPSA) is 125 Å². The number of nitrogens with zero attached hydrogens (tertiary/aromatic N) is 2. The average Bonchev–Trinajstić information content (AvgIpc) is 3.65. The van der Waals surface area contributed by atoms with Crippen molar-refractivity contribution in [3.63, 3.8) is 0 Å². The van der Waals surface area contributed by atoms with Crippen molar-refractivity contribution in [2.24, 2.45) is 11.8 Å². The van der Waals surface area contributed by atoms with Gasteiger partial charge < -0.3 is 29.7 Å². The van der Waals surface area contributed by atoms with E-state index < -0.39 is 59.5 Å². The van der Waals surface area contributed by atoms with Crippen LogP contribution < -0.4 is 10.2 Å². The van der Waals surface area contributed by atoms with E-state index in [1.54, 1.807) is 30.0 Å². The summed E-state index contributed by atoms with van der Waals surface area (Å²) >= 11 is 10.3. The van der Waals surface area contributed by atoms with Crippen molar-refractivity contribution in [2.45, 2.75) is 69.4 Å². The number of esters is 1. The summed E-state index contributed by atoms with van der Waals surface area (Å²) in [5.74, 6) is -3.79. The predicted octanol–water partition coefficient (Wildman–Crippen LogP) is 4.77. The number of likely N-dealkylation sites (tertiary alicyclic amines) is 1. The van der Waals surface area contributed by atoms with Gasteiger partial charge in [-0.25, -0.2) is 0 Å². The van der Waals surface area contributed by atoms with Crippen molar-refractivity contribution in [1.29, 1.82) is 0 Å². The van der Waals surface area contributed by atoms with Crippen LogP contribution in [0.1, 0.15) is 49.8 Å². The monoisotopic (exact) mass is 739 g/mol. The SMILES string of the molecule is Cc1cccc(Cl)c1N1C/C=C\CCC(=O)N[C@H](C)[C@@H](c2ccccc2)OC(=O)[C@@H]2[C@H]3O[C@@]4(C=C3Br)[C@H](C1=O)N(CCCCO)C(=O)[C@@H]24. The number of benzene rings is 2. The first-order valence-electron chi connectivity index (χ1n) is 16.3. The van der Waals surface area contributed by atoms with Gasteiger partial charge in [0.2, 0.25) is 11.8 Å². The molecule has 6 rings (SSSR count). The number of aliphatic hydroxyl groups is 1. The van der Waals surface area contributed by atoms with Gasteiger partial charge in [0.25, 0.3) is 5.91 Å². The highest BCUT2D eigenvalue weighted by Gasteiger charge is 2.75. The first-order chi connectivity index (χ1) is 23.1. The molecule has 48 heavy (non-hydrogen) atoms. The molecule has 3 amide bonds. The number of para-hydroxylation sites is 1. The maximum Gasteiger partial charge on any atom is 0.313 e. The van der Waals surface area contributed by atoms with E-state index in [0.717, 1.165) is 5.56 Å². The predicted molar refractivity (Wildman–Crippen MR) is 183 cm³/mol. The Bertz CT molecular complexity index is 1630. The number of halogens is 2. The number of nitrogens with one attached hydrogen (secondary N) is 1. The number of hydrogen-bond acceptors (Lipinski definition) is 7. The number of carbonyl (C=O) groups excluding carboxylic acids is 4. The molecule has 254 valence electrons. The second-order valence-corrected chi connectivity index (χ2v) is 14.1. The van der Waals surface area contributed by atoms with Crippen LogP contribution >= 0.6 is 27.5 Å². The third-order valence-corrected chi connectivity index (χ3v) is 10.7. The van der Waals surface area contributed by atoms with Gasteiger partial charge in [-0.3, -0.25) is 19.2 Å². The lowest BCUT2D eigenvalue weighted by Crippen LogP contribution is -2.56. The van der Waals surface area contributed by atoms with E-state index in [0.29, 0.717) is 40.0 Å². The molecule has 1 spiro atoms. The summed E-state index contributed by atoms with van der Waals surface area (Å²) in [6.07, 6.45) is 5.18. The second kappa shape index (κ2) is 14.2. The van der Waals surface area contributed by atoms with Gasteiger partial charge in [0.1, 0.15) is 29.8 Å². The van der Waals surface area contributed by atoms with Crippen molar-refractivity contribution >= 4 is 56.9 Å². The summed E-state index contributed by atoms with van der Waals surface area (Å²) in [7, 11) is 0. The van der Waals surface area contributed by atoms with Gasteiger partial charge in [-0.05, 0) is 56.4 Å². The van der Waals surface area contributed by atoms with Gasteiger partial charge in [-0.2, -0.15) is 0 Å². The Hall–Kier alpha value is -3.51. The number of rotatable bonds is 6. The quantitative estimate of drug-likeness (QED) is 0.249. The molecule has 5 bridgehead atoms. The maximum absolute atomic E-state index is 15.0. The summed E-state index contributed by atoms with van der Waals surface area (Å²) in [5, 5.41) is 12.9. The highest BCUT2D eigenvalue weighted by molar-refractivity contribution is 9.11. The van der Waals surface area contributed by atoms with E-state index >= 15 is 4.79 Å². The minimum absolute atomic E-state index is 0.0699. The molecule has 2 fully saturated rings. The minimum Gasteiger partial charge on any atom is -0.455 e. The average molecular weight is 741 g/mol. The molecule has 2 N–H and O–H groups in total. The fourth-order valence-corrected chi connectivity index (χ4v) is 8.58. The standard InChI is InChI=1S/C36H39BrClN3O7/c1-21-12-11-15-25(38)29(21)40-17-8-4-7-16-26(43)39-22(2)30(23-13-5-3-6-14-23)47-35(46)27-28-33(44)41(18-9-10-19-42)32(34(40)45)36(28)20-24(37)31(27)48-36/h3-6,8,11-15,20,22,27-28,30-32,42H,7,9-10,16-19H2,1-2H3,(H,39,43)/b8-4-/t22-,27+,28-,30+,31+,32+,36-/m1/s1. The molecule has 10 nitrogen and oxygen atoms in total. The fraction of sp³-hybridized carbons (Fsp3) is 0.444. The number of anilines is 1. The second-order valence-electron chi connectivity index (χ2n) is 12.8. The molecule has 0 unspecified atom stereocenters. The van der Waals surface area contributed by atoms with Gasteiger partial charge in [-0.1, -0.05) is 82.1 Å². The van der Waals surface area contributed by atoms with Crippen LogP contribution in [0.25, 0.3) is 0 Å². The van der Waals surface area contributed by atoms with Crippen LogP contribution in [0.5, 0.6) is 0 Å². The molecular formula is C36H39BrClN3O7. The Labute approximate surface area is 293 Å². The van der Waals surface area contributed by atoms with Gasteiger partial charge in [-0.15, -0.1) is 0 Å². The number of unbranched alkanes of at least 4 members (excludes halogenated alkanes) is 1. The first kappa shape index (κ1) is 34.4. The molecule has 4 heterocycles. The molecule has 4 aliphatic rings. The molecule has 4 aliphatic heterocycles. The molecule has 2 aromatic carbocycles. The van der Waals surface area contributed by atoms with Crippen LogP contribution in [0.4, 0.5) is 5.69 Å². The van der Waals surface area contributed by atoms with Crippen molar-refractivity contribution in [1.82, 2.24) is 10.2 Å². The minimum atomic E-state index is -1.46. The lowest BCUT2D eigenvalue weighted by atomic mass is 9.74. The lowest BCUT2D eigenvalue weighted by Gasteiger charge is -2.36. The summed E-state index contributed by atoms with van der Waals surface area (Å²) in [4.78, 5) is 60.0. The molecular weight excluding hydrogens is 702 g/mol. The number of hydrogen-bond donors (Lipinski definition) is 2. The van der Waals surface area contributed by atoms with Crippen LogP contribution in [0.3, 0.4) is 0 Å². The normalized spacial score (nSPS) is 31.4. The zero-order valence-corrected chi connectivity index (χ0v) is 29.2. The Kier molecular flexibility index (Phi) is 10.1. The van der Waals surface area contributed by atoms with Crippen LogP contribution in [-0.4, -0.2) is 77.2 Å². The van der Waals surface area contributed by atoms with E-state index in [1.165, 1.54) is 4.90 Å². The molecule has 0 radical (unpaired) electrons. The number of aliphatic hydroxyl groups excluding tert-OH is 1. The zero-order valence-electron chi connectivity index (χ0n) is 26.8. The Morgan fingerprint density at radius 3 is 2.52 bits per heavy atom. The number of aryl methyl sites for hydroxylation is 1. The van der Waals surface area contributed by atoms with Crippen LogP contribution in [0.2, 0.25) is 5.02 Å². The van der Waals surface area contributed by atoms with Crippen LogP contribution in [-0.2, 0) is 28.7 Å². The number of carbonyl (C=O) groups is 4. The van der Waals surface area contributed by atoms with Gasteiger partial charge in [0, 0.05) is 30.6 Å². The van der Waals surface area contributed by atoms with Crippen molar-refractivity contribution < 1.29 is 33.8 Å².